The molecule has 0 unspecified atom stereocenters. The van der Waals surface area contributed by atoms with Crippen molar-refractivity contribution in [2.75, 3.05) is 5.32 Å². The molecule has 0 bridgehead atoms. The SMILES string of the molecule is O=C/C(=C\Nc1ccc(Cl)cn1)c1nc2cc(Cl)ccc2o1. The lowest BCUT2D eigenvalue weighted by Gasteiger charge is -2.00. The zero-order chi connectivity index (χ0) is 15.5. The molecule has 0 saturated heterocycles. The summed E-state index contributed by atoms with van der Waals surface area (Å²) in [5, 5.41) is 3.97. The van der Waals surface area contributed by atoms with Crippen LogP contribution in [0.2, 0.25) is 10.0 Å². The second kappa shape index (κ2) is 6.17. The van der Waals surface area contributed by atoms with Gasteiger partial charge in [-0.25, -0.2) is 9.97 Å². The normalized spacial score (nSPS) is 11.6. The number of pyridine rings is 1. The molecule has 0 aliphatic carbocycles. The van der Waals surface area contributed by atoms with E-state index in [0.717, 1.165) is 0 Å². The van der Waals surface area contributed by atoms with Crippen LogP contribution in [0.5, 0.6) is 0 Å². The lowest BCUT2D eigenvalue weighted by Crippen LogP contribution is -1.95. The smallest absolute Gasteiger partial charge is 0.232 e. The van der Waals surface area contributed by atoms with Gasteiger partial charge in [0.2, 0.25) is 5.89 Å². The molecule has 0 amide bonds. The molecular weight excluding hydrogens is 325 g/mol. The van der Waals surface area contributed by atoms with Gasteiger partial charge in [-0.1, -0.05) is 23.2 Å². The van der Waals surface area contributed by atoms with Crippen molar-refractivity contribution in [2.45, 2.75) is 0 Å². The van der Waals surface area contributed by atoms with Crippen molar-refractivity contribution in [1.29, 1.82) is 0 Å². The second-order valence-corrected chi connectivity index (χ2v) is 5.23. The Morgan fingerprint density at radius 2 is 2.00 bits per heavy atom. The number of benzene rings is 1. The lowest BCUT2D eigenvalue weighted by molar-refractivity contribution is -0.103. The van der Waals surface area contributed by atoms with Gasteiger partial charge in [-0.3, -0.25) is 4.79 Å². The van der Waals surface area contributed by atoms with Crippen LogP contribution in [-0.2, 0) is 4.79 Å². The van der Waals surface area contributed by atoms with Gasteiger partial charge in [0.15, 0.2) is 11.9 Å². The van der Waals surface area contributed by atoms with Gasteiger partial charge in [0.05, 0.1) is 10.6 Å². The third-order valence-electron chi connectivity index (χ3n) is 2.83. The molecule has 0 aliphatic rings. The zero-order valence-electron chi connectivity index (χ0n) is 11.1. The summed E-state index contributed by atoms with van der Waals surface area (Å²) in [6, 6.07) is 8.43. The molecule has 0 fully saturated rings. The number of fused-ring (bicyclic) bond motifs is 1. The van der Waals surface area contributed by atoms with E-state index in [1.165, 1.54) is 12.4 Å². The van der Waals surface area contributed by atoms with Gasteiger partial charge in [-0.2, -0.15) is 0 Å². The van der Waals surface area contributed by atoms with E-state index in [-0.39, 0.29) is 11.5 Å². The molecule has 2 heterocycles. The predicted octanol–water partition coefficient (Wildman–Crippen LogP) is 4.18. The molecule has 110 valence electrons. The van der Waals surface area contributed by atoms with Crippen LogP contribution in [0.3, 0.4) is 0 Å². The van der Waals surface area contributed by atoms with Crippen molar-refractivity contribution in [3.63, 3.8) is 0 Å². The minimum atomic E-state index is 0.203. The summed E-state index contributed by atoms with van der Waals surface area (Å²) >= 11 is 11.7. The van der Waals surface area contributed by atoms with Crippen molar-refractivity contribution >= 4 is 52.0 Å². The summed E-state index contributed by atoms with van der Waals surface area (Å²) in [4.78, 5) is 19.5. The van der Waals surface area contributed by atoms with Crippen LogP contribution in [0.15, 0.2) is 47.1 Å². The number of hydrogen-bond donors (Lipinski definition) is 1. The first-order valence-corrected chi connectivity index (χ1v) is 7.01. The summed E-state index contributed by atoms with van der Waals surface area (Å²) in [7, 11) is 0. The number of carbonyl (C=O) groups excluding carboxylic acids is 1. The summed E-state index contributed by atoms with van der Waals surface area (Å²) in [5.74, 6) is 0.747. The molecule has 0 aliphatic heterocycles. The minimum absolute atomic E-state index is 0.203. The number of aldehydes is 1. The van der Waals surface area contributed by atoms with Gasteiger partial charge < -0.3 is 9.73 Å². The molecule has 0 radical (unpaired) electrons. The molecule has 0 spiro atoms. The van der Waals surface area contributed by atoms with Gasteiger partial charge in [0, 0.05) is 17.4 Å². The van der Waals surface area contributed by atoms with Crippen LogP contribution in [-0.4, -0.2) is 16.3 Å². The Hall–Kier alpha value is -2.37. The van der Waals surface area contributed by atoms with Crippen LogP contribution >= 0.6 is 23.2 Å². The third kappa shape index (κ3) is 3.10. The summed E-state index contributed by atoms with van der Waals surface area (Å²) in [6.07, 6.45) is 3.62. The average Bonchev–Trinajstić information content (AvgIpc) is 2.92. The number of oxazole rings is 1. The van der Waals surface area contributed by atoms with Gasteiger partial charge in [0.25, 0.3) is 0 Å². The van der Waals surface area contributed by atoms with E-state index in [4.69, 9.17) is 27.6 Å². The van der Waals surface area contributed by atoms with Crippen LogP contribution < -0.4 is 5.32 Å². The number of nitrogens with zero attached hydrogens (tertiary/aromatic N) is 2. The average molecular weight is 334 g/mol. The number of halogens is 2. The highest BCUT2D eigenvalue weighted by Gasteiger charge is 2.10. The highest BCUT2D eigenvalue weighted by molar-refractivity contribution is 6.31. The Kier molecular flexibility index (Phi) is 4.09. The molecule has 2 aromatic heterocycles. The number of nitrogens with one attached hydrogen (secondary N) is 1. The van der Waals surface area contributed by atoms with Gasteiger partial charge in [-0.05, 0) is 30.3 Å². The molecule has 5 nitrogen and oxygen atoms in total. The first kappa shape index (κ1) is 14.6. The topological polar surface area (TPSA) is 68.0 Å². The quantitative estimate of drug-likeness (QED) is 0.573. The maximum atomic E-state index is 11.2. The van der Waals surface area contributed by atoms with Crippen molar-refractivity contribution in [2.24, 2.45) is 0 Å². The molecular formula is C15H9Cl2N3O2. The van der Waals surface area contributed by atoms with E-state index < -0.39 is 0 Å². The minimum Gasteiger partial charge on any atom is -0.436 e. The number of allylic oxidation sites excluding steroid dienone is 1. The summed E-state index contributed by atoms with van der Waals surface area (Å²) in [6.45, 7) is 0. The Morgan fingerprint density at radius 1 is 1.18 bits per heavy atom. The zero-order valence-corrected chi connectivity index (χ0v) is 12.6. The molecule has 3 aromatic rings. The van der Waals surface area contributed by atoms with Crippen LogP contribution in [0.25, 0.3) is 16.7 Å². The first-order chi connectivity index (χ1) is 10.7. The van der Waals surface area contributed by atoms with Crippen molar-refractivity contribution in [1.82, 2.24) is 9.97 Å². The van der Waals surface area contributed by atoms with Crippen LogP contribution in [0.1, 0.15) is 5.89 Å². The monoisotopic (exact) mass is 333 g/mol. The number of anilines is 1. The first-order valence-electron chi connectivity index (χ1n) is 6.25. The molecule has 0 saturated carbocycles. The fourth-order valence-electron chi connectivity index (χ4n) is 1.78. The van der Waals surface area contributed by atoms with Crippen molar-refractivity contribution in [3.05, 3.63) is 58.7 Å². The Bertz CT molecular complexity index is 857. The molecule has 22 heavy (non-hydrogen) atoms. The van der Waals surface area contributed by atoms with E-state index in [1.807, 2.05) is 0 Å². The highest BCUT2D eigenvalue weighted by Crippen LogP contribution is 2.23. The maximum Gasteiger partial charge on any atom is 0.232 e. The van der Waals surface area contributed by atoms with Crippen LogP contribution in [0, 0.1) is 0 Å². The summed E-state index contributed by atoms with van der Waals surface area (Å²) < 4.78 is 5.53. The fourth-order valence-corrected chi connectivity index (χ4v) is 2.06. The van der Waals surface area contributed by atoms with E-state index in [2.05, 4.69) is 15.3 Å². The standard InChI is InChI=1S/C15H9Cl2N3O2/c16-10-1-3-13-12(5-10)20-15(22-13)9(8-21)6-18-14-4-2-11(17)7-19-14/h1-8H,(H,18,19)/b9-6+. The van der Waals surface area contributed by atoms with Gasteiger partial charge in [-0.15, -0.1) is 0 Å². The molecule has 1 aromatic carbocycles. The summed E-state index contributed by atoms with van der Waals surface area (Å²) in [5.41, 5.74) is 1.39. The number of aromatic nitrogens is 2. The molecule has 0 atom stereocenters. The number of carbonyl (C=O) groups is 1. The number of rotatable bonds is 4. The van der Waals surface area contributed by atoms with Crippen molar-refractivity contribution < 1.29 is 9.21 Å². The van der Waals surface area contributed by atoms with Gasteiger partial charge >= 0.3 is 0 Å². The predicted molar refractivity (Wildman–Crippen MR) is 85.9 cm³/mol. The lowest BCUT2D eigenvalue weighted by atomic mass is 10.3. The van der Waals surface area contributed by atoms with E-state index in [1.54, 1.807) is 30.3 Å². The highest BCUT2D eigenvalue weighted by atomic mass is 35.5. The Balaban J connectivity index is 1.89. The number of hydrogen-bond acceptors (Lipinski definition) is 5. The maximum absolute atomic E-state index is 11.2. The molecule has 7 heteroatoms. The molecule has 3 rings (SSSR count). The van der Waals surface area contributed by atoms with E-state index >= 15 is 0 Å². The van der Waals surface area contributed by atoms with Crippen LogP contribution in [0.4, 0.5) is 5.82 Å². The van der Waals surface area contributed by atoms with Gasteiger partial charge in [0.1, 0.15) is 11.3 Å². The molecule has 1 N–H and O–H groups in total. The largest absolute Gasteiger partial charge is 0.436 e. The van der Waals surface area contributed by atoms with Crippen molar-refractivity contribution in [3.8, 4) is 0 Å². The Morgan fingerprint density at radius 3 is 2.73 bits per heavy atom. The fraction of sp³-hybridized carbons (Fsp3) is 0. The van der Waals surface area contributed by atoms with E-state index in [0.29, 0.717) is 33.2 Å². The van der Waals surface area contributed by atoms with E-state index in [9.17, 15) is 4.79 Å². The second-order valence-electron chi connectivity index (χ2n) is 4.35. The Labute approximate surface area is 135 Å². The third-order valence-corrected chi connectivity index (χ3v) is 3.29.